The van der Waals surface area contributed by atoms with Crippen LogP contribution in [0.15, 0.2) is 42.5 Å². The summed E-state index contributed by atoms with van der Waals surface area (Å²) < 4.78 is 0. The SMILES string of the molecule is CC=CC=CC(=O)O.CCN(CC)CC(=O)Nc1c(C)cccc1C. The first kappa shape index (κ1) is 22.6. The average Bonchev–Trinajstić information content (AvgIpc) is 2.56. The molecule has 0 radical (unpaired) electrons. The van der Waals surface area contributed by atoms with Crippen LogP contribution in [-0.4, -0.2) is 41.5 Å². The number of nitrogens with zero attached hydrogens (tertiary/aromatic N) is 1. The van der Waals surface area contributed by atoms with Crippen LogP contribution < -0.4 is 5.32 Å². The fraction of sp³-hybridized carbons (Fsp3) is 0.400. The summed E-state index contributed by atoms with van der Waals surface area (Å²) in [7, 11) is 0. The van der Waals surface area contributed by atoms with Crippen LogP contribution >= 0.6 is 0 Å². The van der Waals surface area contributed by atoms with Crippen molar-refractivity contribution < 1.29 is 14.7 Å². The zero-order valence-corrected chi connectivity index (χ0v) is 15.9. The van der Waals surface area contributed by atoms with Gasteiger partial charge >= 0.3 is 5.97 Å². The number of rotatable bonds is 7. The highest BCUT2D eigenvalue weighted by molar-refractivity contribution is 5.93. The second kappa shape index (κ2) is 13.0. The Balaban J connectivity index is 0.000000609. The van der Waals surface area contributed by atoms with Crippen molar-refractivity contribution >= 4 is 17.6 Å². The molecule has 1 rings (SSSR count). The molecule has 138 valence electrons. The Labute approximate surface area is 151 Å². The number of aryl methyl sites for hydroxylation is 2. The van der Waals surface area contributed by atoms with Crippen LogP contribution in [0.5, 0.6) is 0 Å². The largest absolute Gasteiger partial charge is 0.478 e. The van der Waals surface area contributed by atoms with Crippen LogP contribution in [0, 0.1) is 13.8 Å². The van der Waals surface area contributed by atoms with Gasteiger partial charge in [-0.2, -0.15) is 0 Å². The first-order valence-corrected chi connectivity index (χ1v) is 8.46. The summed E-state index contributed by atoms with van der Waals surface area (Å²) in [5.74, 6) is -0.853. The minimum atomic E-state index is -0.914. The van der Waals surface area contributed by atoms with Gasteiger partial charge in [-0.25, -0.2) is 4.79 Å². The number of likely N-dealkylation sites (N-methyl/N-ethyl adjacent to an activating group) is 1. The van der Waals surface area contributed by atoms with Gasteiger partial charge in [-0.1, -0.05) is 50.3 Å². The number of carbonyl (C=O) groups is 2. The van der Waals surface area contributed by atoms with Gasteiger partial charge in [0, 0.05) is 11.8 Å². The lowest BCUT2D eigenvalue weighted by atomic mass is 10.1. The van der Waals surface area contributed by atoms with Crippen molar-refractivity contribution in [3.05, 3.63) is 53.6 Å². The lowest BCUT2D eigenvalue weighted by Gasteiger charge is -2.18. The number of carboxylic acids is 1. The maximum atomic E-state index is 11.9. The summed E-state index contributed by atoms with van der Waals surface area (Å²) >= 11 is 0. The number of nitrogens with one attached hydrogen (secondary N) is 1. The van der Waals surface area contributed by atoms with Gasteiger partial charge in [-0.05, 0) is 45.0 Å². The number of hydrogen-bond donors (Lipinski definition) is 2. The second-order valence-corrected chi connectivity index (χ2v) is 5.50. The highest BCUT2D eigenvalue weighted by atomic mass is 16.4. The molecule has 0 aliphatic rings. The maximum absolute atomic E-state index is 11.9. The molecule has 25 heavy (non-hydrogen) atoms. The van der Waals surface area contributed by atoms with Crippen LogP contribution in [0.2, 0.25) is 0 Å². The Kier molecular flexibility index (Phi) is 11.7. The van der Waals surface area contributed by atoms with E-state index in [0.29, 0.717) is 6.54 Å². The van der Waals surface area contributed by atoms with E-state index in [4.69, 9.17) is 5.11 Å². The van der Waals surface area contributed by atoms with Gasteiger partial charge < -0.3 is 10.4 Å². The fourth-order valence-electron chi connectivity index (χ4n) is 2.09. The molecule has 0 atom stereocenters. The van der Waals surface area contributed by atoms with E-state index in [9.17, 15) is 9.59 Å². The number of anilines is 1. The molecular weight excluding hydrogens is 316 g/mol. The highest BCUT2D eigenvalue weighted by Crippen LogP contribution is 2.19. The highest BCUT2D eigenvalue weighted by Gasteiger charge is 2.09. The van der Waals surface area contributed by atoms with E-state index in [1.807, 2.05) is 39.0 Å². The molecule has 0 bridgehead atoms. The monoisotopic (exact) mass is 346 g/mol. The number of carboxylic acid groups (broad SMARTS) is 1. The van der Waals surface area contributed by atoms with E-state index < -0.39 is 5.97 Å². The van der Waals surface area contributed by atoms with Crippen LogP contribution in [0.4, 0.5) is 5.69 Å². The summed E-state index contributed by atoms with van der Waals surface area (Å²) in [6.07, 6.45) is 5.98. The zero-order valence-electron chi connectivity index (χ0n) is 15.9. The van der Waals surface area contributed by atoms with Crippen molar-refractivity contribution in [1.82, 2.24) is 4.90 Å². The van der Waals surface area contributed by atoms with E-state index in [1.165, 1.54) is 6.08 Å². The van der Waals surface area contributed by atoms with E-state index in [2.05, 4.69) is 24.1 Å². The maximum Gasteiger partial charge on any atom is 0.328 e. The van der Waals surface area contributed by atoms with E-state index >= 15 is 0 Å². The molecule has 1 amide bonds. The third-order valence-corrected chi connectivity index (χ3v) is 3.55. The van der Waals surface area contributed by atoms with E-state index in [1.54, 1.807) is 12.2 Å². The number of allylic oxidation sites excluding steroid dienone is 3. The second-order valence-electron chi connectivity index (χ2n) is 5.50. The van der Waals surface area contributed by atoms with Crippen molar-refractivity contribution in [2.24, 2.45) is 0 Å². The molecule has 0 spiro atoms. The average molecular weight is 346 g/mol. The number of benzene rings is 1. The molecule has 0 fully saturated rings. The minimum Gasteiger partial charge on any atom is -0.478 e. The van der Waals surface area contributed by atoms with Gasteiger partial charge in [0.05, 0.1) is 6.54 Å². The Bertz CT molecular complexity index is 583. The first-order valence-electron chi connectivity index (χ1n) is 8.46. The molecule has 5 heteroatoms. The Morgan fingerprint density at radius 1 is 1.12 bits per heavy atom. The van der Waals surface area contributed by atoms with E-state index in [-0.39, 0.29) is 5.91 Å². The number of carbonyl (C=O) groups excluding carboxylic acids is 1. The summed E-state index contributed by atoms with van der Waals surface area (Å²) in [4.78, 5) is 23.7. The van der Waals surface area contributed by atoms with Gasteiger partial charge in [0.2, 0.25) is 5.91 Å². The van der Waals surface area contributed by atoms with Crippen molar-refractivity contribution in [1.29, 1.82) is 0 Å². The van der Waals surface area contributed by atoms with E-state index in [0.717, 1.165) is 36.0 Å². The quantitative estimate of drug-likeness (QED) is 0.582. The molecule has 5 nitrogen and oxygen atoms in total. The molecule has 0 aliphatic carbocycles. The van der Waals surface area contributed by atoms with Crippen molar-refractivity contribution in [3.8, 4) is 0 Å². The lowest BCUT2D eigenvalue weighted by molar-refractivity contribution is -0.131. The summed E-state index contributed by atoms with van der Waals surface area (Å²) in [5.41, 5.74) is 3.17. The third kappa shape index (κ3) is 10.1. The topological polar surface area (TPSA) is 69.6 Å². The summed E-state index contributed by atoms with van der Waals surface area (Å²) in [6, 6.07) is 6.03. The Hall–Kier alpha value is -2.40. The molecule has 0 saturated heterocycles. The third-order valence-electron chi connectivity index (χ3n) is 3.55. The van der Waals surface area contributed by atoms with Crippen molar-refractivity contribution in [2.45, 2.75) is 34.6 Å². The van der Waals surface area contributed by atoms with Gasteiger partial charge in [0.25, 0.3) is 0 Å². The molecule has 0 saturated carbocycles. The molecule has 1 aromatic rings. The van der Waals surface area contributed by atoms with Crippen LogP contribution in [0.25, 0.3) is 0 Å². The normalized spacial score (nSPS) is 10.8. The van der Waals surface area contributed by atoms with Gasteiger partial charge in [-0.15, -0.1) is 0 Å². The molecule has 1 aromatic carbocycles. The number of para-hydroxylation sites is 1. The molecule has 0 aromatic heterocycles. The first-order chi connectivity index (χ1) is 11.8. The van der Waals surface area contributed by atoms with Crippen LogP contribution in [-0.2, 0) is 9.59 Å². The predicted octanol–water partition coefficient (Wildman–Crippen LogP) is 3.79. The van der Waals surface area contributed by atoms with Crippen molar-refractivity contribution in [3.63, 3.8) is 0 Å². The lowest BCUT2D eigenvalue weighted by Crippen LogP contribution is -2.33. The molecule has 2 N–H and O–H groups in total. The Morgan fingerprint density at radius 2 is 1.68 bits per heavy atom. The van der Waals surface area contributed by atoms with Crippen molar-refractivity contribution in [2.75, 3.05) is 25.0 Å². The smallest absolute Gasteiger partial charge is 0.328 e. The molecule has 0 unspecified atom stereocenters. The summed E-state index contributed by atoms with van der Waals surface area (Å²) in [6.45, 7) is 12.2. The number of amides is 1. The van der Waals surface area contributed by atoms with Gasteiger partial charge in [0.15, 0.2) is 0 Å². The summed E-state index contributed by atoms with van der Waals surface area (Å²) in [5, 5.41) is 11.0. The minimum absolute atomic E-state index is 0.0612. The Morgan fingerprint density at radius 3 is 2.12 bits per heavy atom. The zero-order chi connectivity index (χ0) is 19.2. The molecule has 0 heterocycles. The molecular formula is C20H30N2O3. The standard InChI is InChI=1S/C14H22N2O.C6H8O2/c1-5-16(6-2)10-13(17)15-14-11(3)8-7-9-12(14)4;1-2-3-4-5-6(7)8/h7-9H,5-6,10H2,1-4H3,(H,15,17);2-5H,1H3,(H,7,8). The van der Waals surface area contributed by atoms with Crippen LogP contribution in [0.1, 0.15) is 31.9 Å². The van der Waals surface area contributed by atoms with Crippen LogP contribution in [0.3, 0.4) is 0 Å². The number of hydrogen-bond acceptors (Lipinski definition) is 3. The fourth-order valence-corrected chi connectivity index (χ4v) is 2.09. The predicted molar refractivity (Wildman–Crippen MR) is 104 cm³/mol. The van der Waals surface area contributed by atoms with Gasteiger partial charge in [0.1, 0.15) is 0 Å². The molecule has 0 aliphatic heterocycles. The number of aliphatic carboxylic acids is 1. The van der Waals surface area contributed by atoms with Gasteiger partial charge in [-0.3, -0.25) is 9.69 Å².